The number of rotatable bonds is 9. The second kappa shape index (κ2) is 9.89. The Morgan fingerprint density at radius 3 is 2.86 bits per heavy atom. The Balaban J connectivity index is 1.73. The smallest absolute Gasteiger partial charge is 0.125 e. The van der Waals surface area contributed by atoms with Gasteiger partial charge in [0.1, 0.15) is 18.3 Å². The Bertz CT molecular complexity index is 781. The van der Waals surface area contributed by atoms with Crippen molar-refractivity contribution in [2.24, 2.45) is 0 Å². The molecule has 2 unspecified atom stereocenters. The van der Waals surface area contributed by atoms with Gasteiger partial charge in [0.2, 0.25) is 0 Å². The molecule has 2 aromatic rings. The van der Waals surface area contributed by atoms with Gasteiger partial charge in [-0.3, -0.25) is 0 Å². The summed E-state index contributed by atoms with van der Waals surface area (Å²) in [4.78, 5) is 0. The lowest BCUT2D eigenvalue weighted by Gasteiger charge is -2.18. The van der Waals surface area contributed by atoms with E-state index in [0.29, 0.717) is 12.6 Å². The summed E-state index contributed by atoms with van der Waals surface area (Å²) in [6.45, 7) is 6.26. The number of unbranched alkanes of at least 4 members (excludes halogenated alkanes) is 1. The lowest BCUT2D eigenvalue weighted by atomic mass is 9.92. The van der Waals surface area contributed by atoms with Crippen LogP contribution in [0.1, 0.15) is 54.8 Å². The van der Waals surface area contributed by atoms with Crippen LogP contribution in [0.25, 0.3) is 0 Å². The number of methoxy groups -OCH3 is 1. The number of anilines is 1. The second-order valence-corrected chi connectivity index (χ2v) is 7.46. The van der Waals surface area contributed by atoms with Crippen LogP contribution in [0, 0.1) is 12.7 Å². The maximum atomic E-state index is 13.7. The predicted octanol–water partition coefficient (Wildman–Crippen LogP) is 5.15. The Labute approximate surface area is 167 Å². The van der Waals surface area contributed by atoms with E-state index in [1.54, 1.807) is 7.11 Å². The molecular weight excluding hydrogens is 355 g/mol. The van der Waals surface area contributed by atoms with Gasteiger partial charge in [-0.25, -0.2) is 4.39 Å². The summed E-state index contributed by atoms with van der Waals surface area (Å²) in [5, 5.41) is 6.76. The van der Waals surface area contributed by atoms with Crippen LogP contribution in [0.2, 0.25) is 0 Å². The normalized spacial score (nSPS) is 19.0. The van der Waals surface area contributed by atoms with Crippen LogP contribution in [0.3, 0.4) is 0 Å². The van der Waals surface area contributed by atoms with Gasteiger partial charge in [0.05, 0.1) is 6.61 Å². The average Bonchev–Trinajstić information content (AvgIpc) is 3.18. The molecule has 5 heteroatoms. The monoisotopic (exact) mass is 386 g/mol. The number of ether oxygens (including phenoxy) is 2. The van der Waals surface area contributed by atoms with Crippen LogP contribution in [-0.2, 0) is 4.74 Å². The van der Waals surface area contributed by atoms with Gasteiger partial charge in [-0.05, 0) is 60.6 Å². The zero-order chi connectivity index (χ0) is 19.9. The summed E-state index contributed by atoms with van der Waals surface area (Å²) in [5.74, 6) is 1.14. The summed E-state index contributed by atoms with van der Waals surface area (Å²) in [5.41, 5.74) is 4.33. The standard InChI is InChI=1S/C23H31FN2O2/c1-4-5-10-28-23-12-17(7-6-16(23)2)18-11-21(25-14-18)20-9-8-19(24)13-22(20)26-15-27-3/h6-9,12-13,18,21,25-26H,4-5,10-11,14-15H2,1-3H3. The Morgan fingerprint density at radius 1 is 1.21 bits per heavy atom. The molecule has 0 amide bonds. The topological polar surface area (TPSA) is 42.5 Å². The molecule has 3 rings (SSSR count). The third-order valence-electron chi connectivity index (χ3n) is 5.37. The third-order valence-corrected chi connectivity index (χ3v) is 5.37. The minimum Gasteiger partial charge on any atom is -0.493 e. The molecule has 1 saturated heterocycles. The van der Waals surface area contributed by atoms with Crippen molar-refractivity contribution in [3.63, 3.8) is 0 Å². The zero-order valence-corrected chi connectivity index (χ0v) is 17.1. The highest BCUT2D eigenvalue weighted by atomic mass is 19.1. The fourth-order valence-electron chi connectivity index (χ4n) is 3.71. The number of hydrogen-bond donors (Lipinski definition) is 2. The SMILES string of the molecule is CCCCOc1cc(C2CNC(c3ccc(F)cc3NCOC)C2)ccc1C. The average molecular weight is 387 g/mol. The molecule has 0 bridgehead atoms. The van der Waals surface area contributed by atoms with Crippen LogP contribution >= 0.6 is 0 Å². The molecule has 28 heavy (non-hydrogen) atoms. The first kappa shape index (κ1) is 20.6. The molecule has 1 fully saturated rings. The first-order chi connectivity index (χ1) is 13.6. The van der Waals surface area contributed by atoms with Gasteiger partial charge in [-0.2, -0.15) is 0 Å². The van der Waals surface area contributed by atoms with Gasteiger partial charge in [0.15, 0.2) is 0 Å². The molecule has 2 N–H and O–H groups in total. The number of aryl methyl sites for hydroxylation is 1. The molecule has 2 aromatic carbocycles. The van der Waals surface area contributed by atoms with Crippen LogP contribution in [0.5, 0.6) is 5.75 Å². The van der Waals surface area contributed by atoms with Crippen LogP contribution < -0.4 is 15.4 Å². The summed E-state index contributed by atoms with van der Waals surface area (Å²) in [7, 11) is 1.62. The summed E-state index contributed by atoms with van der Waals surface area (Å²) in [6, 6.07) is 11.6. The minimum absolute atomic E-state index is 0.177. The maximum Gasteiger partial charge on any atom is 0.125 e. The highest BCUT2D eigenvalue weighted by molar-refractivity contribution is 5.53. The molecule has 0 saturated carbocycles. The van der Waals surface area contributed by atoms with E-state index in [9.17, 15) is 4.39 Å². The van der Waals surface area contributed by atoms with Crippen LogP contribution in [0.15, 0.2) is 36.4 Å². The molecule has 0 spiro atoms. The van der Waals surface area contributed by atoms with Crippen molar-refractivity contribution >= 4 is 5.69 Å². The Hall–Kier alpha value is -2.11. The van der Waals surface area contributed by atoms with Crippen molar-refractivity contribution < 1.29 is 13.9 Å². The molecule has 1 aliphatic heterocycles. The van der Waals surface area contributed by atoms with Crippen molar-refractivity contribution in [1.82, 2.24) is 5.32 Å². The van der Waals surface area contributed by atoms with Crippen molar-refractivity contribution in [3.8, 4) is 5.75 Å². The van der Waals surface area contributed by atoms with E-state index in [0.717, 1.165) is 49.4 Å². The largest absolute Gasteiger partial charge is 0.493 e. The van der Waals surface area contributed by atoms with E-state index in [1.165, 1.54) is 23.3 Å². The van der Waals surface area contributed by atoms with E-state index in [-0.39, 0.29) is 11.9 Å². The van der Waals surface area contributed by atoms with Gasteiger partial charge >= 0.3 is 0 Å². The fraction of sp³-hybridized carbons (Fsp3) is 0.478. The molecule has 152 valence electrons. The molecule has 4 nitrogen and oxygen atoms in total. The molecule has 0 radical (unpaired) electrons. The molecule has 1 heterocycles. The third kappa shape index (κ3) is 5.03. The molecule has 1 aliphatic rings. The molecule has 0 aliphatic carbocycles. The Kier molecular flexibility index (Phi) is 7.29. The number of nitrogens with one attached hydrogen (secondary N) is 2. The van der Waals surface area contributed by atoms with Gasteiger partial charge in [-0.15, -0.1) is 0 Å². The summed E-state index contributed by atoms with van der Waals surface area (Å²) in [6.07, 6.45) is 3.16. The first-order valence-corrected chi connectivity index (χ1v) is 10.1. The second-order valence-electron chi connectivity index (χ2n) is 7.46. The van der Waals surface area contributed by atoms with E-state index in [1.807, 2.05) is 6.07 Å². The van der Waals surface area contributed by atoms with Gasteiger partial charge in [0, 0.05) is 25.4 Å². The lowest BCUT2D eigenvalue weighted by Crippen LogP contribution is -2.16. The van der Waals surface area contributed by atoms with E-state index >= 15 is 0 Å². The Morgan fingerprint density at radius 2 is 2.07 bits per heavy atom. The van der Waals surface area contributed by atoms with Gasteiger partial charge in [-0.1, -0.05) is 31.5 Å². The summed E-state index contributed by atoms with van der Waals surface area (Å²) < 4.78 is 24.8. The van der Waals surface area contributed by atoms with Crippen molar-refractivity contribution in [3.05, 3.63) is 58.9 Å². The molecule has 2 atom stereocenters. The highest BCUT2D eigenvalue weighted by Crippen LogP contribution is 2.38. The zero-order valence-electron chi connectivity index (χ0n) is 17.1. The lowest BCUT2D eigenvalue weighted by molar-refractivity contribution is 0.221. The number of halogens is 1. The predicted molar refractivity (Wildman–Crippen MR) is 112 cm³/mol. The van der Waals surface area contributed by atoms with Crippen LogP contribution in [-0.4, -0.2) is 27.0 Å². The quantitative estimate of drug-likeness (QED) is 0.462. The van der Waals surface area contributed by atoms with Crippen molar-refractivity contribution in [2.75, 3.05) is 32.3 Å². The highest BCUT2D eigenvalue weighted by Gasteiger charge is 2.28. The molecular formula is C23H31FN2O2. The minimum atomic E-state index is -0.246. The van der Waals surface area contributed by atoms with Gasteiger partial charge < -0.3 is 20.1 Å². The number of benzene rings is 2. The van der Waals surface area contributed by atoms with Crippen molar-refractivity contribution in [2.45, 2.75) is 45.1 Å². The molecule has 0 aromatic heterocycles. The van der Waals surface area contributed by atoms with E-state index < -0.39 is 0 Å². The number of hydrogen-bond acceptors (Lipinski definition) is 4. The summed E-state index contributed by atoms with van der Waals surface area (Å²) >= 11 is 0. The fourth-order valence-corrected chi connectivity index (χ4v) is 3.71. The van der Waals surface area contributed by atoms with Gasteiger partial charge in [0.25, 0.3) is 0 Å². The maximum absolute atomic E-state index is 13.7. The van der Waals surface area contributed by atoms with Crippen LogP contribution in [0.4, 0.5) is 10.1 Å². The first-order valence-electron chi connectivity index (χ1n) is 10.1. The van der Waals surface area contributed by atoms with E-state index in [2.05, 4.69) is 42.7 Å². The van der Waals surface area contributed by atoms with E-state index in [4.69, 9.17) is 9.47 Å². The van der Waals surface area contributed by atoms with Crippen molar-refractivity contribution in [1.29, 1.82) is 0 Å².